The molecule has 1 aromatic carbocycles. The summed E-state index contributed by atoms with van der Waals surface area (Å²) in [5.74, 6) is 0. The van der Waals surface area contributed by atoms with E-state index in [9.17, 15) is 0 Å². The zero-order chi connectivity index (χ0) is 7.56. The number of allylic oxidation sites excluding steroid dienone is 1. The highest BCUT2D eigenvalue weighted by Crippen LogP contribution is 2.20. The summed E-state index contributed by atoms with van der Waals surface area (Å²) in [5, 5.41) is 0.742. The Morgan fingerprint density at radius 2 is 2.40 bits per heavy atom. The topological polar surface area (TPSA) is 0 Å². The van der Waals surface area contributed by atoms with Gasteiger partial charge >= 0.3 is 0 Å². The third kappa shape index (κ3) is 1.39. The summed E-state index contributed by atoms with van der Waals surface area (Å²) in [4.78, 5) is 0. The summed E-state index contributed by atoms with van der Waals surface area (Å²) in [6, 6.07) is 8.37. The van der Waals surface area contributed by atoms with E-state index >= 15 is 0 Å². The van der Waals surface area contributed by atoms with Crippen molar-refractivity contribution in [3.8, 4) is 0 Å². The molecule has 0 saturated heterocycles. The van der Waals surface area contributed by atoms with E-state index in [4.69, 9.17) is 11.6 Å². The molecule has 10 heavy (non-hydrogen) atoms. The third-order valence-corrected chi connectivity index (χ3v) is 1.60. The molecule has 0 spiro atoms. The van der Waals surface area contributed by atoms with Crippen molar-refractivity contribution in [2.24, 2.45) is 0 Å². The first-order valence-electron chi connectivity index (χ1n) is 3.03. The Labute approximate surface area is 66.1 Å². The van der Waals surface area contributed by atoms with Crippen LogP contribution in [0.2, 0.25) is 5.02 Å². The van der Waals surface area contributed by atoms with Crippen LogP contribution in [0.25, 0.3) is 5.57 Å². The molecule has 0 amide bonds. The second-order valence-electron chi connectivity index (χ2n) is 2.19. The lowest BCUT2D eigenvalue weighted by Gasteiger charge is -1.99. The minimum atomic E-state index is 0.742. The average Bonchev–Trinajstić information content (AvgIpc) is 1.88. The minimum absolute atomic E-state index is 0.742. The Balaban J connectivity index is 3.15. The van der Waals surface area contributed by atoms with Gasteiger partial charge in [-0.25, -0.2) is 0 Å². The summed E-state index contributed by atoms with van der Waals surface area (Å²) >= 11 is 5.84. The molecule has 0 heterocycles. The average molecular weight is 152 g/mol. The molecule has 0 aliphatic carbocycles. The van der Waals surface area contributed by atoms with Gasteiger partial charge in [0.25, 0.3) is 0 Å². The van der Waals surface area contributed by atoms with Crippen molar-refractivity contribution in [1.29, 1.82) is 0 Å². The summed E-state index contributed by atoms with van der Waals surface area (Å²) in [7, 11) is 0. The minimum Gasteiger partial charge on any atom is -0.0955 e. The van der Waals surface area contributed by atoms with Gasteiger partial charge in [-0.15, -0.1) is 0 Å². The fraction of sp³-hybridized carbons (Fsp3) is 0.111. The van der Waals surface area contributed by atoms with E-state index in [-0.39, 0.29) is 0 Å². The molecule has 1 radical (unpaired) electrons. The quantitative estimate of drug-likeness (QED) is 0.579. The number of halogens is 1. The van der Waals surface area contributed by atoms with Crippen molar-refractivity contribution in [1.82, 2.24) is 0 Å². The van der Waals surface area contributed by atoms with Gasteiger partial charge in [0.2, 0.25) is 0 Å². The lowest BCUT2D eigenvalue weighted by atomic mass is 10.1. The largest absolute Gasteiger partial charge is 0.0955 e. The first kappa shape index (κ1) is 7.36. The van der Waals surface area contributed by atoms with E-state index in [2.05, 4.69) is 12.6 Å². The number of hydrogen-bond acceptors (Lipinski definition) is 0. The first-order valence-corrected chi connectivity index (χ1v) is 3.41. The van der Waals surface area contributed by atoms with E-state index in [0.29, 0.717) is 0 Å². The highest BCUT2D eigenvalue weighted by Gasteiger charge is 1.96. The van der Waals surface area contributed by atoms with Crippen molar-refractivity contribution in [2.75, 3.05) is 0 Å². The van der Waals surface area contributed by atoms with Crippen molar-refractivity contribution < 1.29 is 0 Å². The van der Waals surface area contributed by atoms with Gasteiger partial charge in [-0.05, 0) is 36.3 Å². The molecule has 0 nitrogen and oxygen atoms in total. The molecule has 1 aromatic rings. The smallest absolute Gasteiger partial charge is 0.0481 e. The van der Waals surface area contributed by atoms with Crippen molar-refractivity contribution in [3.05, 3.63) is 41.4 Å². The molecule has 0 fully saturated rings. The Morgan fingerprint density at radius 3 is 2.80 bits per heavy atom. The van der Waals surface area contributed by atoms with E-state index in [1.807, 2.05) is 19.1 Å². The number of rotatable bonds is 1. The second-order valence-corrected chi connectivity index (χ2v) is 2.59. The fourth-order valence-corrected chi connectivity index (χ4v) is 1.02. The predicted octanol–water partition coefficient (Wildman–Crippen LogP) is 3.17. The molecule has 0 unspecified atom stereocenters. The van der Waals surface area contributed by atoms with Crippen LogP contribution < -0.4 is 0 Å². The van der Waals surface area contributed by atoms with Gasteiger partial charge in [-0.1, -0.05) is 24.2 Å². The molecule has 0 aliphatic heterocycles. The molecular weight excluding hydrogens is 144 g/mol. The molecule has 0 saturated carbocycles. The molecule has 1 heteroatoms. The lowest BCUT2D eigenvalue weighted by Crippen LogP contribution is -1.77. The fourth-order valence-electron chi connectivity index (χ4n) is 0.738. The van der Waals surface area contributed by atoms with Crippen molar-refractivity contribution in [2.45, 2.75) is 6.92 Å². The SMILES string of the molecule is C=C(C)c1c[c]ccc1Cl. The van der Waals surface area contributed by atoms with Gasteiger partial charge in [0.15, 0.2) is 0 Å². The van der Waals surface area contributed by atoms with Crippen LogP contribution >= 0.6 is 11.6 Å². The molecule has 51 valence electrons. The summed E-state index contributed by atoms with van der Waals surface area (Å²) < 4.78 is 0. The van der Waals surface area contributed by atoms with E-state index in [1.165, 1.54) is 0 Å². The molecule has 0 aromatic heterocycles. The highest BCUT2D eigenvalue weighted by molar-refractivity contribution is 6.32. The van der Waals surface area contributed by atoms with Crippen LogP contribution in [-0.4, -0.2) is 0 Å². The summed E-state index contributed by atoms with van der Waals surface area (Å²) in [5.41, 5.74) is 1.95. The van der Waals surface area contributed by atoms with Crippen LogP contribution in [0, 0.1) is 6.07 Å². The molecular formula is C9H8Cl. The van der Waals surface area contributed by atoms with E-state index in [1.54, 1.807) is 6.07 Å². The highest BCUT2D eigenvalue weighted by atomic mass is 35.5. The van der Waals surface area contributed by atoms with Crippen LogP contribution in [0.15, 0.2) is 24.8 Å². The molecule has 0 aliphatic rings. The Kier molecular flexibility index (Phi) is 2.13. The zero-order valence-corrected chi connectivity index (χ0v) is 6.57. The lowest BCUT2D eigenvalue weighted by molar-refractivity contribution is 1.57. The van der Waals surface area contributed by atoms with Gasteiger partial charge in [-0.3, -0.25) is 0 Å². The van der Waals surface area contributed by atoms with Crippen molar-refractivity contribution >= 4 is 17.2 Å². The van der Waals surface area contributed by atoms with Crippen molar-refractivity contribution in [3.63, 3.8) is 0 Å². The van der Waals surface area contributed by atoms with Gasteiger partial charge < -0.3 is 0 Å². The normalized spacial score (nSPS) is 9.40. The Morgan fingerprint density at radius 1 is 1.70 bits per heavy atom. The van der Waals surface area contributed by atoms with E-state index < -0.39 is 0 Å². The van der Waals surface area contributed by atoms with Crippen LogP contribution in [-0.2, 0) is 0 Å². The number of hydrogen-bond donors (Lipinski definition) is 0. The maximum atomic E-state index is 5.84. The molecule has 0 N–H and O–H groups in total. The van der Waals surface area contributed by atoms with Crippen LogP contribution in [0.3, 0.4) is 0 Å². The van der Waals surface area contributed by atoms with Gasteiger partial charge in [-0.2, -0.15) is 0 Å². The van der Waals surface area contributed by atoms with Crippen LogP contribution in [0.1, 0.15) is 12.5 Å². The van der Waals surface area contributed by atoms with Gasteiger partial charge in [0.1, 0.15) is 0 Å². The molecule has 1 rings (SSSR count). The number of benzene rings is 1. The zero-order valence-electron chi connectivity index (χ0n) is 5.82. The molecule has 0 atom stereocenters. The Hall–Kier alpha value is -0.750. The maximum absolute atomic E-state index is 5.84. The second kappa shape index (κ2) is 2.89. The van der Waals surface area contributed by atoms with Crippen LogP contribution in [0.4, 0.5) is 0 Å². The summed E-state index contributed by atoms with van der Waals surface area (Å²) in [6.07, 6.45) is 0. The van der Waals surface area contributed by atoms with Gasteiger partial charge in [0.05, 0.1) is 0 Å². The Bertz CT molecular complexity index is 251. The molecule has 0 bridgehead atoms. The van der Waals surface area contributed by atoms with Crippen LogP contribution in [0.5, 0.6) is 0 Å². The third-order valence-electron chi connectivity index (χ3n) is 1.27. The van der Waals surface area contributed by atoms with E-state index in [0.717, 1.165) is 16.2 Å². The summed E-state index contributed by atoms with van der Waals surface area (Å²) in [6.45, 7) is 5.71. The van der Waals surface area contributed by atoms with Gasteiger partial charge in [0, 0.05) is 5.02 Å². The standard InChI is InChI=1S/C9H8Cl/c1-7(2)8-5-3-4-6-9(8)10/h4-6H,1H2,2H3. The monoisotopic (exact) mass is 151 g/mol. The maximum Gasteiger partial charge on any atom is 0.0481 e. The first-order chi connectivity index (χ1) is 4.72. The predicted molar refractivity (Wildman–Crippen MR) is 45.0 cm³/mol.